The van der Waals surface area contributed by atoms with E-state index in [4.69, 9.17) is 16.6 Å². The monoisotopic (exact) mass is 516 g/mol. The molecular weight excluding hydrogens is 484 g/mol. The summed E-state index contributed by atoms with van der Waals surface area (Å²) in [5.41, 5.74) is 1.49. The second-order valence-corrected chi connectivity index (χ2v) is 12.7. The number of nitrogens with zero attached hydrogens (tertiary/aromatic N) is 4. The zero-order valence-corrected chi connectivity index (χ0v) is 22.7. The molecule has 1 aliphatic heterocycles. The van der Waals surface area contributed by atoms with Crippen LogP contribution in [0.3, 0.4) is 0 Å². The number of piperazine rings is 1. The Morgan fingerprint density at radius 1 is 1.09 bits per heavy atom. The molecule has 7 nitrogen and oxygen atoms in total. The summed E-state index contributed by atoms with van der Waals surface area (Å²) in [7, 11) is -1.89. The van der Waals surface area contributed by atoms with Crippen LogP contribution in [0, 0.1) is 0 Å². The number of fused-ring (bicyclic) bond motifs is 1. The third-order valence-corrected chi connectivity index (χ3v) is 9.18. The normalized spacial score (nSPS) is 19.2. The SMILES string of the molecule is CC(c1nc2cc(Cl)ccc2c(=O)n1C)N1CCN(S(=O)(=O)c2ccc(C(C)(C)C)cc2)C(C)C1. The molecule has 3 aromatic rings. The first kappa shape index (κ1) is 25.8. The van der Waals surface area contributed by atoms with E-state index in [2.05, 4.69) is 25.7 Å². The number of sulfonamides is 1. The molecule has 35 heavy (non-hydrogen) atoms. The first-order chi connectivity index (χ1) is 16.3. The van der Waals surface area contributed by atoms with Gasteiger partial charge in [-0.1, -0.05) is 44.5 Å². The maximum absolute atomic E-state index is 13.4. The van der Waals surface area contributed by atoms with E-state index in [-0.39, 0.29) is 23.1 Å². The van der Waals surface area contributed by atoms with Gasteiger partial charge in [0.1, 0.15) is 5.82 Å². The number of benzene rings is 2. The maximum Gasteiger partial charge on any atom is 0.261 e. The molecule has 1 aromatic heterocycles. The molecule has 1 saturated heterocycles. The minimum Gasteiger partial charge on any atom is -0.298 e. The lowest BCUT2D eigenvalue weighted by atomic mass is 9.87. The molecule has 0 N–H and O–H groups in total. The van der Waals surface area contributed by atoms with E-state index >= 15 is 0 Å². The molecule has 0 radical (unpaired) electrons. The number of hydrogen-bond donors (Lipinski definition) is 0. The molecule has 2 aromatic carbocycles. The van der Waals surface area contributed by atoms with E-state index in [1.807, 2.05) is 26.0 Å². The lowest BCUT2D eigenvalue weighted by Gasteiger charge is -2.41. The van der Waals surface area contributed by atoms with Crippen LogP contribution in [0.1, 0.15) is 52.0 Å². The van der Waals surface area contributed by atoms with Crippen LogP contribution in [-0.4, -0.2) is 52.9 Å². The summed E-state index contributed by atoms with van der Waals surface area (Å²) in [5.74, 6) is 0.631. The lowest BCUT2D eigenvalue weighted by molar-refractivity contribution is 0.104. The fourth-order valence-corrected chi connectivity index (χ4v) is 6.52. The van der Waals surface area contributed by atoms with E-state index in [1.54, 1.807) is 46.3 Å². The number of halogens is 1. The predicted molar refractivity (Wildman–Crippen MR) is 140 cm³/mol. The van der Waals surface area contributed by atoms with Gasteiger partial charge in [0, 0.05) is 37.7 Å². The molecule has 188 valence electrons. The van der Waals surface area contributed by atoms with Crippen LogP contribution in [0.4, 0.5) is 0 Å². The standard InChI is InChI=1S/C26H33ClN4O3S/c1-17-16-30(18(2)24-28-23-15-20(27)9-12-22(23)25(32)29(24)6)13-14-31(17)35(33,34)21-10-7-19(8-11-21)26(3,4)5/h7-12,15,17-18H,13-14,16H2,1-6H3. The summed E-state index contributed by atoms with van der Waals surface area (Å²) >= 11 is 6.13. The van der Waals surface area contributed by atoms with Crippen LogP contribution in [-0.2, 0) is 22.5 Å². The van der Waals surface area contributed by atoms with Gasteiger partial charge in [-0.25, -0.2) is 13.4 Å². The number of aromatic nitrogens is 2. The second-order valence-electron chi connectivity index (χ2n) is 10.4. The molecule has 0 bridgehead atoms. The second kappa shape index (κ2) is 9.32. The van der Waals surface area contributed by atoms with E-state index in [0.717, 1.165) is 5.56 Å². The highest BCUT2D eigenvalue weighted by molar-refractivity contribution is 7.89. The third-order valence-electron chi connectivity index (χ3n) is 6.92. The summed E-state index contributed by atoms with van der Waals surface area (Å²) in [5, 5.41) is 1.05. The molecule has 1 aliphatic rings. The molecule has 0 saturated carbocycles. The van der Waals surface area contributed by atoms with Crippen LogP contribution in [0.15, 0.2) is 52.2 Å². The largest absolute Gasteiger partial charge is 0.298 e. The average molecular weight is 517 g/mol. The van der Waals surface area contributed by atoms with Crippen molar-refractivity contribution in [1.29, 1.82) is 0 Å². The van der Waals surface area contributed by atoms with Crippen LogP contribution < -0.4 is 5.56 Å². The minimum absolute atomic E-state index is 0.0421. The molecule has 0 aliphatic carbocycles. The Labute approximate surface area is 212 Å². The minimum atomic E-state index is -3.61. The molecule has 0 amide bonds. The van der Waals surface area contributed by atoms with Gasteiger partial charge in [-0.2, -0.15) is 4.31 Å². The van der Waals surface area contributed by atoms with Crippen LogP contribution >= 0.6 is 11.6 Å². The Hall–Kier alpha value is -2.26. The first-order valence-electron chi connectivity index (χ1n) is 11.8. The van der Waals surface area contributed by atoms with Gasteiger partial charge in [0.2, 0.25) is 10.0 Å². The average Bonchev–Trinajstić information content (AvgIpc) is 2.80. The van der Waals surface area contributed by atoms with Crippen molar-refractivity contribution in [2.24, 2.45) is 7.05 Å². The van der Waals surface area contributed by atoms with Gasteiger partial charge >= 0.3 is 0 Å². The van der Waals surface area contributed by atoms with Gasteiger partial charge in [0.15, 0.2) is 0 Å². The molecule has 1 fully saturated rings. The van der Waals surface area contributed by atoms with E-state index in [1.165, 1.54) is 0 Å². The van der Waals surface area contributed by atoms with Crippen molar-refractivity contribution < 1.29 is 8.42 Å². The van der Waals surface area contributed by atoms with Crippen molar-refractivity contribution in [3.63, 3.8) is 0 Å². The molecule has 4 rings (SSSR count). The van der Waals surface area contributed by atoms with Crippen molar-refractivity contribution in [2.75, 3.05) is 19.6 Å². The summed E-state index contributed by atoms with van der Waals surface area (Å²) in [6.07, 6.45) is 0. The quantitative estimate of drug-likeness (QED) is 0.515. The predicted octanol–water partition coefficient (Wildman–Crippen LogP) is 4.34. The van der Waals surface area contributed by atoms with Gasteiger partial charge in [-0.15, -0.1) is 0 Å². The van der Waals surface area contributed by atoms with Crippen molar-refractivity contribution in [3.8, 4) is 0 Å². The fourth-order valence-electron chi connectivity index (χ4n) is 4.74. The number of hydrogen-bond acceptors (Lipinski definition) is 5. The first-order valence-corrected chi connectivity index (χ1v) is 13.6. The van der Waals surface area contributed by atoms with Crippen LogP contribution in [0.25, 0.3) is 10.9 Å². The van der Waals surface area contributed by atoms with Crippen molar-refractivity contribution in [2.45, 2.75) is 57.0 Å². The summed E-state index contributed by atoms with van der Waals surface area (Å²) in [6, 6.07) is 11.9. The molecular formula is C26H33ClN4O3S. The van der Waals surface area contributed by atoms with Crippen LogP contribution in [0.5, 0.6) is 0 Å². The highest BCUT2D eigenvalue weighted by Gasteiger charge is 2.36. The fraction of sp³-hybridized carbons (Fsp3) is 0.462. The van der Waals surface area contributed by atoms with Gasteiger partial charge in [-0.05, 0) is 55.2 Å². The van der Waals surface area contributed by atoms with Crippen LogP contribution in [0.2, 0.25) is 5.02 Å². The third kappa shape index (κ3) is 4.89. The molecule has 9 heteroatoms. The Morgan fingerprint density at radius 2 is 1.74 bits per heavy atom. The summed E-state index contributed by atoms with van der Waals surface area (Å²) in [4.78, 5) is 20.1. The van der Waals surface area contributed by atoms with Crippen molar-refractivity contribution >= 4 is 32.5 Å². The number of rotatable bonds is 4. The van der Waals surface area contributed by atoms with Crippen molar-refractivity contribution in [1.82, 2.24) is 18.8 Å². The molecule has 0 spiro atoms. The smallest absolute Gasteiger partial charge is 0.261 e. The lowest BCUT2D eigenvalue weighted by Crippen LogP contribution is -2.54. The van der Waals surface area contributed by atoms with E-state index in [0.29, 0.717) is 46.3 Å². The van der Waals surface area contributed by atoms with Crippen molar-refractivity contribution in [3.05, 3.63) is 69.2 Å². The maximum atomic E-state index is 13.4. The molecule has 2 heterocycles. The highest BCUT2D eigenvalue weighted by atomic mass is 35.5. The van der Waals surface area contributed by atoms with E-state index < -0.39 is 10.0 Å². The Bertz CT molecular complexity index is 1410. The van der Waals surface area contributed by atoms with E-state index in [9.17, 15) is 13.2 Å². The zero-order valence-electron chi connectivity index (χ0n) is 21.1. The molecule has 2 atom stereocenters. The Morgan fingerprint density at radius 3 is 2.34 bits per heavy atom. The van der Waals surface area contributed by atoms with Gasteiger partial charge in [0.25, 0.3) is 5.56 Å². The summed E-state index contributed by atoms with van der Waals surface area (Å²) < 4.78 is 30.0. The molecule has 2 unspecified atom stereocenters. The van der Waals surface area contributed by atoms with Gasteiger partial charge in [-0.3, -0.25) is 14.3 Å². The highest BCUT2D eigenvalue weighted by Crippen LogP contribution is 2.29. The summed E-state index contributed by atoms with van der Waals surface area (Å²) in [6.45, 7) is 11.7. The topological polar surface area (TPSA) is 75.5 Å². The zero-order chi connectivity index (χ0) is 25.7. The Balaban J connectivity index is 1.56. The Kier molecular flexibility index (Phi) is 6.87. The van der Waals surface area contributed by atoms with Gasteiger partial charge in [0.05, 0.1) is 21.8 Å². The van der Waals surface area contributed by atoms with Gasteiger partial charge < -0.3 is 0 Å².